The van der Waals surface area contributed by atoms with E-state index >= 15 is 0 Å². The van der Waals surface area contributed by atoms with E-state index in [4.69, 9.17) is 0 Å². The molecule has 1 unspecified atom stereocenters. The summed E-state index contributed by atoms with van der Waals surface area (Å²) in [6, 6.07) is 4.28. The van der Waals surface area contributed by atoms with Crippen LogP contribution in [0.1, 0.15) is 32.8 Å². The highest BCUT2D eigenvalue weighted by molar-refractivity contribution is 5.18. The number of rotatable bonds is 4. The van der Waals surface area contributed by atoms with Gasteiger partial charge in [-0.15, -0.1) is 0 Å². The highest BCUT2D eigenvalue weighted by Gasteiger charge is 2.31. The Hall–Kier alpha value is -1.00. The lowest BCUT2D eigenvalue weighted by atomic mass is 9.97. The average molecular weight is 282 g/mol. The number of hydrogen-bond donors (Lipinski definition) is 1. The highest BCUT2D eigenvalue weighted by atomic mass is 19.1. The van der Waals surface area contributed by atoms with Crippen molar-refractivity contribution in [2.45, 2.75) is 45.2 Å². The van der Waals surface area contributed by atoms with E-state index in [1.807, 2.05) is 0 Å². The Labute approximate surface area is 120 Å². The minimum atomic E-state index is -0.493. The first kappa shape index (κ1) is 15.4. The van der Waals surface area contributed by atoms with Gasteiger partial charge in [-0.1, -0.05) is 6.92 Å². The number of nitrogens with one attached hydrogen (secondary N) is 1. The smallest absolute Gasteiger partial charge is 0.126 e. The van der Waals surface area contributed by atoms with Gasteiger partial charge in [0.25, 0.3) is 0 Å². The molecular formula is C16H24F2N2. The van der Waals surface area contributed by atoms with Crippen LogP contribution in [0.5, 0.6) is 0 Å². The van der Waals surface area contributed by atoms with Crippen LogP contribution in [0.25, 0.3) is 0 Å². The highest BCUT2D eigenvalue weighted by Crippen LogP contribution is 2.18. The third-order valence-corrected chi connectivity index (χ3v) is 4.01. The normalized spacial score (nSPS) is 22.9. The van der Waals surface area contributed by atoms with Crippen molar-refractivity contribution in [1.29, 1.82) is 0 Å². The summed E-state index contributed by atoms with van der Waals surface area (Å²) >= 11 is 0. The van der Waals surface area contributed by atoms with Crippen LogP contribution < -0.4 is 5.32 Å². The molecule has 1 aliphatic rings. The van der Waals surface area contributed by atoms with Crippen LogP contribution in [0, 0.1) is 11.6 Å². The molecule has 0 spiro atoms. The number of piperazine rings is 1. The molecule has 1 saturated heterocycles. The zero-order valence-corrected chi connectivity index (χ0v) is 12.5. The van der Waals surface area contributed by atoms with Crippen molar-refractivity contribution in [2.24, 2.45) is 0 Å². The van der Waals surface area contributed by atoms with Crippen molar-refractivity contribution < 1.29 is 8.78 Å². The maximum absolute atomic E-state index is 13.2. The topological polar surface area (TPSA) is 15.3 Å². The van der Waals surface area contributed by atoms with Gasteiger partial charge in [0, 0.05) is 37.3 Å². The van der Waals surface area contributed by atoms with Gasteiger partial charge < -0.3 is 5.32 Å². The summed E-state index contributed by atoms with van der Waals surface area (Å²) < 4.78 is 26.4. The first-order chi connectivity index (χ1) is 9.39. The Morgan fingerprint density at radius 1 is 1.25 bits per heavy atom. The van der Waals surface area contributed by atoms with E-state index in [1.165, 1.54) is 12.1 Å². The Balaban J connectivity index is 2.00. The summed E-state index contributed by atoms with van der Waals surface area (Å²) in [4.78, 5) is 2.43. The Morgan fingerprint density at radius 2 is 1.90 bits per heavy atom. The van der Waals surface area contributed by atoms with Crippen molar-refractivity contribution in [3.05, 3.63) is 35.4 Å². The largest absolute Gasteiger partial charge is 0.309 e. The van der Waals surface area contributed by atoms with Crippen molar-refractivity contribution in [1.82, 2.24) is 10.2 Å². The third kappa shape index (κ3) is 4.00. The summed E-state index contributed by atoms with van der Waals surface area (Å²) in [6.45, 7) is 9.33. The molecule has 1 aromatic carbocycles. The number of hydrogen-bond acceptors (Lipinski definition) is 2. The monoisotopic (exact) mass is 282 g/mol. The maximum atomic E-state index is 13.2. The Bertz CT molecular complexity index is 440. The van der Waals surface area contributed by atoms with Crippen LogP contribution in [0.2, 0.25) is 0 Å². The van der Waals surface area contributed by atoms with Gasteiger partial charge in [-0.2, -0.15) is 0 Å². The molecule has 0 radical (unpaired) electrons. The fraction of sp³-hybridized carbons (Fsp3) is 0.625. The van der Waals surface area contributed by atoms with Gasteiger partial charge in [0.15, 0.2) is 0 Å². The van der Waals surface area contributed by atoms with Crippen LogP contribution in [0.3, 0.4) is 0 Å². The van der Waals surface area contributed by atoms with E-state index in [2.05, 4.69) is 31.0 Å². The minimum Gasteiger partial charge on any atom is -0.309 e. The molecule has 1 fully saturated rings. The average Bonchev–Trinajstić information content (AvgIpc) is 2.34. The first-order valence-electron chi connectivity index (χ1n) is 7.33. The van der Waals surface area contributed by atoms with Crippen molar-refractivity contribution in [3.63, 3.8) is 0 Å². The molecule has 1 aliphatic heterocycles. The summed E-state index contributed by atoms with van der Waals surface area (Å²) in [5.74, 6) is -0.986. The molecule has 20 heavy (non-hydrogen) atoms. The lowest BCUT2D eigenvalue weighted by Gasteiger charge is -2.44. The van der Waals surface area contributed by atoms with Gasteiger partial charge in [0.05, 0.1) is 0 Å². The second kappa shape index (κ2) is 6.19. The van der Waals surface area contributed by atoms with Gasteiger partial charge >= 0.3 is 0 Å². The predicted molar refractivity (Wildman–Crippen MR) is 77.8 cm³/mol. The van der Waals surface area contributed by atoms with Crippen LogP contribution in [-0.2, 0) is 6.42 Å². The van der Waals surface area contributed by atoms with Gasteiger partial charge in [0.2, 0.25) is 0 Å². The van der Waals surface area contributed by atoms with Gasteiger partial charge in [0.1, 0.15) is 11.6 Å². The van der Waals surface area contributed by atoms with Crippen LogP contribution in [0.4, 0.5) is 8.78 Å². The summed E-state index contributed by atoms with van der Waals surface area (Å²) in [5.41, 5.74) is 0.826. The molecule has 2 nitrogen and oxygen atoms in total. The van der Waals surface area contributed by atoms with Gasteiger partial charge in [-0.3, -0.25) is 4.90 Å². The quantitative estimate of drug-likeness (QED) is 0.913. The van der Waals surface area contributed by atoms with Crippen LogP contribution in [-0.4, -0.2) is 36.1 Å². The molecule has 0 saturated carbocycles. The zero-order valence-electron chi connectivity index (χ0n) is 12.5. The van der Waals surface area contributed by atoms with Crippen LogP contribution >= 0.6 is 0 Å². The first-order valence-corrected chi connectivity index (χ1v) is 7.33. The number of halogens is 2. The molecule has 1 N–H and O–H groups in total. The SMILES string of the molecule is CCC1CNC(C)(C)CN1CCc1cc(F)cc(F)c1. The van der Waals surface area contributed by atoms with Crippen molar-refractivity contribution in [3.8, 4) is 0 Å². The molecule has 1 aromatic rings. The minimum absolute atomic E-state index is 0.0961. The lowest BCUT2D eigenvalue weighted by molar-refractivity contribution is 0.0939. The van der Waals surface area contributed by atoms with Crippen molar-refractivity contribution >= 4 is 0 Å². The fourth-order valence-electron chi connectivity index (χ4n) is 2.91. The number of benzene rings is 1. The number of nitrogens with zero attached hydrogens (tertiary/aromatic N) is 1. The zero-order chi connectivity index (χ0) is 14.8. The van der Waals surface area contributed by atoms with Crippen molar-refractivity contribution in [2.75, 3.05) is 19.6 Å². The standard InChI is InChI=1S/C16H24F2N2/c1-4-15-10-19-16(2,3)11-20(15)6-5-12-7-13(17)9-14(18)8-12/h7-9,15,19H,4-6,10-11H2,1-3H3. The molecular weight excluding hydrogens is 258 g/mol. The summed E-state index contributed by atoms with van der Waals surface area (Å²) in [6.07, 6.45) is 1.77. The second-order valence-corrected chi connectivity index (χ2v) is 6.33. The van der Waals surface area contributed by atoms with E-state index in [-0.39, 0.29) is 5.54 Å². The molecule has 0 aliphatic carbocycles. The summed E-state index contributed by atoms with van der Waals surface area (Å²) in [7, 11) is 0. The van der Waals surface area contributed by atoms with Gasteiger partial charge in [-0.25, -0.2) is 8.78 Å². The van der Waals surface area contributed by atoms with E-state index in [0.717, 1.165) is 37.7 Å². The summed E-state index contributed by atoms with van der Waals surface area (Å²) in [5, 5.41) is 3.54. The lowest BCUT2D eigenvalue weighted by Crippen LogP contribution is -2.61. The van der Waals surface area contributed by atoms with E-state index in [1.54, 1.807) is 0 Å². The fourth-order valence-corrected chi connectivity index (χ4v) is 2.91. The molecule has 2 rings (SSSR count). The molecule has 112 valence electrons. The Kier molecular flexibility index (Phi) is 4.76. The van der Waals surface area contributed by atoms with E-state index in [0.29, 0.717) is 12.5 Å². The Morgan fingerprint density at radius 3 is 2.50 bits per heavy atom. The molecule has 0 amide bonds. The van der Waals surface area contributed by atoms with Gasteiger partial charge in [-0.05, 0) is 44.4 Å². The molecule has 0 aromatic heterocycles. The molecule has 4 heteroatoms. The molecule has 1 heterocycles. The molecule has 1 atom stereocenters. The maximum Gasteiger partial charge on any atom is 0.126 e. The molecule has 0 bridgehead atoms. The van der Waals surface area contributed by atoms with E-state index in [9.17, 15) is 8.78 Å². The van der Waals surface area contributed by atoms with E-state index < -0.39 is 11.6 Å². The van der Waals surface area contributed by atoms with Crippen LogP contribution in [0.15, 0.2) is 18.2 Å². The third-order valence-electron chi connectivity index (χ3n) is 4.01. The second-order valence-electron chi connectivity index (χ2n) is 6.33. The predicted octanol–water partition coefficient (Wildman–Crippen LogP) is 2.97.